The van der Waals surface area contributed by atoms with Crippen molar-refractivity contribution in [1.82, 2.24) is 0 Å². The lowest BCUT2D eigenvalue weighted by atomic mass is 10.3. The van der Waals surface area contributed by atoms with Crippen LogP contribution >= 0.6 is 11.8 Å². The fraction of sp³-hybridized carbons (Fsp3) is 0.250. The maximum Gasteiger partial charge on any atom is 0.160 e. The van der Waals surface area contributed by atoms with Gasteiger partial charge in [0.25, 0.3) is 0 Å². The zero-order valence-electron chi connectivity index (χ0n) is 10.8. The summed E-state index contributed by atoms with van der Waals surface area (Å²) < 4.78 is 0. The molecule has 0 aliphatic heterocycles. The molecule has 0 spiro atoms. The zero-order chi connectivity index (χ0) is 13.5. The maximum atomic E-state index is 5.54. The van der Waals surface area contributed by atoms with Crippen LogP contribution in [0, 0.1) is 0 Å². The molecule has 1 aromatic carbocycles. The molecule has 0 saturated carbocycles. The monoisotopic (exact) mass is 263 g/mol. The van der Waals surface area contributed by atoms with E-state index in [2.05, 4.69) is 21.8 Å². The predicted molar refractivity (Wildman–Crippen MR) is 79.6 cm³/mol. The third kappa shape index (κ3) is 4.58. The molecule has 0 heterocycles. The summed E-state index contributed by atoms with van der Waals surface area (Å²) in [6.07, 6.45) is 0. The number of hydrogen-bond donors (Lipinski definition) is 1. The maximum absolute atomic E-state index is 5.54. The topological polar surface area (TPSA) is 66.3 Å². The van der Waals surface area contributed by atoms with E-state index in [-0.39, 0.29) is 0 Å². The third-order valence-electron chi connectivity index (χ3n) is 2.09. The minimum atomic E-state index is 0.418. The second-order valence-corrected chi connectivity index (χ2v) is 4.76. The third-order valence-corrected chi connectivity index (χ3v) is 2.79. The van der Waals surface area contributed by atoms with Gasteiger partial charge in [0.15, 0.2) is 5.17 Å². The first-order valence-electron chi connectivity index (χ1n) is 5.31. The minimum Gasteiger partial charge on any atom is -0.378 e. The van der Waals surface area contributed by atoms with Crippen LogP contribution in [0.4, 0.5) is 11.4 Å². The highest BCUT2D eigenvalue weighted by Gasteiger charge is 1.97. The molecule has 0 atom stereocenters. The Morgan fingerprint density at radius 3 is 2.39 bits per heavy atom. The highest BCUT2D eigenvalue weighted by Crippen LogP contribution is 2.21. The second-order valence-electron chi connectivity index (χ2n) is 3.67. The standard InChI is InChI=1S/C12H17N5S/c1-9(18-12(13)14-2)15-16-10-5-7-11(8-6-10)17(3)4/h5-8H,1H2,2-4H3,(H2,13,14). The first kappa shape index (κ1) is 14.2. The van der Waals surface area contributed by atoms with Crippen LogP contribution in [-0.2, 0) is 0 Å². The van der Waals surface area contributed by atoms with Crippen LogP contribution in [0.2, 0.25) is 0 Å². The summed E-state index contributed by atoms with van der Waals surface area (Å²) in [4.78, 5) is 5.83. The van der Waals surface area contributed by atoms with Gasteiger partial charge in [-0.3, -0.25) is 4.99 Å². The number of benzene rings is 1. The molecule has 0 radical (unpaired) electrons. The van der Waals surface area contributed by atoms with Crippen LogP contribution in [0.25, 0.3) is 0 Å². The van der Waals surface area contributed by atoms with Crippen LogP contribution in [0.3, 0.4) is 0 Å². The molecule has 5 nitrogen and oxygen atoms in total. The van der Waals surface area contributed by atoms with Crippen molar-refractivity contribution >= 4 is 28.3 Å². The molecular weight excluding hydrogens is 246 g/mol. The van der Waals surface area contributed by atoms with Crippen molar-refractivity contribution in [2.24, 2.45) is 21.0 Å². The van der Waals surface area contributed by atoms with Gasteiger partial charge in [-0.1, -0.05) is 6.58 Å². The van der Waals surface area contributed by atoms with Gasteiger partial charge in [-0.05, 0) is 36.0 Å². The summed E-state index contributed by atoms with van der Waals surface area (Å²) in [5.41, 5.74) is 7.43. The van der Waals surface area contributed by atoms with E-state index in [0.717, 1.165) is 11.4 Å². The van der Waals surface area contributed by atoms with Crippen molar-refractivity contribution in [2.75, 3.05) is 26.0 Å². The molecule has 0 unspecified atom stereocenters. The summed E-state index contributed by atoms with van der Waals surface area (Å²) in [5, 5.41) is 8.97. The van der Waals surface area contributed by atoms with Gasteiger partial charge in [-0.2, -0.15) is 5.11 Å². The molecule has 0 fully saturated rings. The number of nitrogens with zero attached hydrogens (tertiary/aromatic N) is 4. The number of azo groups is 1. The molecular formula is C12H17N5S. The van der Waals surface area contributed by atoms with Crippen molar-refractivity contribution in [2.45, 2.75) is 0 Å². The van der Waals surface area contributed by atoms with Crippen molar-refractivity contribution in [3.05, 3.63) is 35.9 Å². The molecule has 96 valence electrons. The van der Waals surface area contributed by atoms with E-state index >= 15 is 0 Å². The van der Waals surface area contributed by atoms with E-state index in [4.69, 9.17) is 5.73 Å². The van der Waals surface area contributed by atoms with Crippen molar-refractivity contribution < 1.29 is 0 Å². The van der Waals surface area contributed by atoms with Gasteiger partial charge < -0.3 is 10.6 Å². The van der Waals surface area contributed by atoms with E-state index in [1.807, 2.05) is 43.3 Å². The van der Waals surface area contributed by atoms with Gasteiger partial charge >= 0.3 is 0 Å². The summed E-state index contributed by atoms with van der Waals surface area (Å²) in [6.45, 7) is 3.74. The lowest BCUT2D eigenvalue weighted by molar-refractivity contribution is 1.13. The molecule has 6 heteroatoms. The SMILES string of the molecule is C=C(N=Nc1ccc(N(C)C)cc1)SC(N)=NC. The number of anilines is 1. The number of thioether (sulfide) groups is 1. The molecule has 18 heavy (non-hydrogen) atoms. The average Bonchev–Trinajstić information content (AvgIpc) is 2.36. The number of hydrogen-bond acceptors (Lipinski definition) is 5. The normalized spacial score (nSPS) is 11.8. The van der Waals surface area contributed by atoms with Crippen molar-refractivity contribution in [3.63, 3.8) is 0 Å². The van der Waals surface area contributed by atoms with E-state index in [9.17, 15) is 0 Å². The first-order chi connectivity index (χ1) is 8.52. The van der Waals surface area contributed by atoms with Crippen LogP contribution in [0.5, 0.6) is 0 Å². The molecule has 0 bridgehead atoms. The summed E-state index contributed by atoms with van der Waals surface area (Å²) in [6, 6.07) is 7.75. The van der Waals surface area contributed by atoms with Crippen LogP contribution < -0.4 is 10.6 Å². The summed E-state index contributed by atoms with van der Waals surface area (Å²) in [7, 11) is 5.59. The fourth-order valence-corrected chi connectivity index (χ4v) is 1.53. The first-order valence-corrected chi connectivity index (χ1v) is 6.12. The predicted octanol–water partition coefficient (Wildman–Crippen LogP) is 2.99. The second kappa shape index (κ2) is 6.80. The lowest BCUT2D eigenvalue weighted by Gasteiger charge is -2.11. The Balaban J connectivity index is 2.64. The number of amidine groups is 1. The average molecular weight is 263 g/mol. The molecule has 0 saturated heterocycles. The molecule has 0 aromatic heterocycles. The Hall–Kier alpha value is -1.82. The van der Waals surface area contributed by atoms with Crippen LogP contribution in [0.15, 0.2) is 51.1 Å². The zero-order valence-corrected chi connectivity index (χ0v) is 11.6. The van der Waals surface area contributed by atoms with E-state index in [1.165, 1.54) is 11.8 Å². The Bertz CT molecular complexity index is 462. The molecule has 2 N–H and O–H groups in total. The quantitative estimate of drug-likeness (QED) is 0.516. The number of nitrogens with two attached hydrogens (primary N) is 1. The largest absolute Gasteiger partial charge is 0.378 e. The molecule has 0 amide bonds. The number of aliphatic imine (C=N–C) groups is 1. The van der Waals surface area contributed by atoms with Crippen molar-refractivity contribution in [1.29, 1.82) is 0 Å². The Kier molecular flexibility index (Phi) is 5.38. The Morgan fingerprint density at radius 1 is 1.28 bits per heavy atom. The van der Waals surface area contributed by atoms with Crippen LogP contribution in [-0.4, -0.2) is 26.3 Å². The molecule has 1 aromatic rings. The highest BCUT2D eigenvalue weighted by molar-refractivity contribution is 8.17. The molecule has 0 aliphatic rings. The fourth-order valence-electron chi connectivity index (χ4n) is 1.12. The number of rotatable bonds is 4. The van der Waals surface area contributed by atoms with E-state index in [1.54, 1.807) is 7.05 Å². The van der Waals surface area contributed by atoms with E-state index < -0.39 is 0 Å². The molecule has 0 aliphatic carbocycles. The van der Waals surface area contributed by atoms with Gasteiger partial charge in [-0.15, -0.1) is 5.11 Å². The van der Waals surface area contributed by atoms with Crippen LogP contribution in [0.1, 0.15) is 0 Å². The highest BCUT2D eigenvalue weighted by atomic mass is 32.2. The minimum absolute atomic E-state index is 0.418. The van der Waals surface area contributed by atoms with Gasteiger partial charge in [0, 0.05) is 26.8 Å². The van der Waals surface area contributed by atoms with Gasteiger partial charge in [0.2, 0.25) is 0 Å². The Morgan fingerprint density at radius 2 is 1.89 bits per heavy atom. The van der Waals surface area contributed by atoms with Gasteiger partial charge in [0.05, 0.1) is 5.69 Å². The van der Waals surface area contributed by atoms with E-state index in [0.29, 0.717) is 10.2 Å². The molecule has 1 rings (SSSR count). The van der Waals surface area contributed by atoms with Gasteiger partial charge in [0.1, 0.15) is 5.03 Å². The Labute approximate surface area is 111 Å². The summed E-state index contributed by atoms with van der Waals surface area (Å²) in [5.74, 6) is 0. The smallest absolute Gasteiger partial charge is 0.160 e. The lowest BCUT2D eigenvalue weighted by Crippen LogP contribution is -2.07. The van der Waals surface area contributed by atoms with Crippen molar-refractivity contribution in [3.8, 4) is 0 Å². The summed E-state index contributed by atoms with van der Waals surface area (Å²) >= 11 is 1.19. The van der Waals surface area contributed by atoms with Gasteiger partial charge in [-0.25, -0.2) is 0 Å².